The van der Waals surface area contributed by atoms with Gasteiger partial charge in [-0.05, 0) is 19.2 Å². The van der Waals surface area contributed by atoms with Crippen molar-refractivity contribution >= 4 is 52.4 Å². The largest absolute Gasteiger partial charge is 0.338 e. The second-order valence-corrected chi connectivity index (χ2v) is 8.30. The monoisotopic (exact) mass is 405 g/mol. The van der Waals surface area contributed by atoms with Crippen molar-refractivity contribution in [2.75, 3.05) is 38.1 Å². The maximum Gasteiger partial charge on any atom is 0.250 e. The molecule has 1 saturated heterocycles. The van der Waals surface area contributed by atoms with Crippen LogP contribution >= 0.6 is 46.4 Å². The van der Waals surface area contributed by atoms with Gasteiger partial charge in [0.1, 0.15) is 0 Å². The molecular weight excluding hydrogens is 392 g/mol. The molecule has 2 heterocycles. The van der Waals surface area contributed by atoms with Crippen LogP contribution in [-0.2, 0) is 3.79 Å². The molecule has 5 nitrogen and oxygen atoms in total. The second kappa shape index (κ2) is 7.18. The molecule has 0 atom stereocenters. The van der Waals surface area contributed by atoms with Crippen LogP contribution < -0.4 is 4.90 Å². The van der Waals surface area contributed by atoms with Gasteiger partial charge in [0.2, 0.25) is 9.74 Å². The number of nitrogens with zero attached hydrogens (tertiary/aromatic N) is 5. The van der Waals surface area contributed by atoms with E-state index < -0.39 is 3.79 Å². The van der Waals surface area contributed by atoms with Crippen molar-refractivity contribution in [3.05, 3.63) is 35.1 Å². The van der Waals surface area contributed by atoms with Crippen molar-refractivity contribution in [3.63, 3.8) is 0 Å². The van der Waals surface area contributed by atoms with E-state index >= 15 is 0 Å². The van der Waals surface area contributed by atoms with Gasteiger partial charge >= 0.3 is 0 Å². The van der Waals surface area contributed by atoms with Gasteiger partial charge in [0, 0.05) is 36.8 Å². The molecule has 9 heteroatoms. The van der Waals surface area contributed by atoms with Gasteiger partial charge in [0.05, 0.1) is 0 Å². The quantitative estimate of drug-likeness (QED) is 0.710. The van der Waals surface area contributed by atoms with Gasteiger partial charge in [-0.15, -0.1) is 0 Å². The van der Waals surface area contributed by atoms with Crippen LogP contribution in [0.25, 0.3) is 11.4 Å². The Morgan fingerprint density at radius 1 is 1.00 bits per heavy atom. The van der Waals surface area contributed by atoms with Gasteiger partial charge in [-0.3, -0.25) is 0 Å². The fourth-order valence-electron chi connectivity index (χ4n) is 2.40. The molecule has 0 radical (unpaired) electrons. The lowest BCUT2D eigenvalue weighted by Crippen LogP contribution is -2.45. The van der Waals surface area contributed by atoms with Crippen LogP contribution in [0.1, 0.15) is 5.82 Å². The van der Waals surface area contributed by atoms with Crippen molar-refractivity contribution in [2.45, 2.75) is 3.79 Å². The molecule has 0 spiro atoms. The minimum Gasteiger partial charge on any atom is -0.338 e. The summed E-state index contributed by atoms with van der Waals surface area (Å²) in [6.07, 6.45) is 0. The number of rotatable bonds is 2. The summed E-state index contributed by atoms with van der Waals surface area (Å²) in [7, 11) is 2.08. The third-order valence-electron chi connectivity index (χ3n) is 3.75. The Bertz CT molecular complexity index is 726. The van der Waals surface area contributed by atoms with Crippen LogP contribution in [0.15, 0.2) is 24.3 Å². The van der Waals surface area contributed by atoms with E-state index in [1.807, 2.05) is 12.1 Å². The van der Waals surface area contributed by atoms with Crippen molar-refractivity contribution < 1.29 is 0 Å². The number of anilines is 1. The average Bonchev–Trinajstić information content (AvgIpc) is 2.54. The molecule has 0 saturated carbocycles. The maximum absolute atomic E-state index is 6.06. The number of alkyl halides is 3. The smallest absolute Gasteiger partial charge is 0.250 e. The number of benzene rings is 1. The van der Waals surface area contributed by atoms with E-state index in [2.05, 4.69) is 31.8 Å². The minimum absolute atomic E-state index is 0.103. The van der Waals surface area contributed by atoms with Crippen LogP contribution in [0.2, 0.25) is 5.02 Å². The summed E-state index contributed by atoms with van der Waals surface area (Å²) in [5.74, 6) is 1.04. The molecule has 0 bridgehead atoms. The highest BCUT2D eigenvalue weighted by Crippen LogP contribution is 2.37. The van der Waals surface area contributed by atoms with Crippen LogP contribution in [-0.4, -0.2) is 53.1 Å². The first-order valence-corrected chi connectivity index (χ1v) is 8.87. The molecule has 0 unspecified atom stereocenters. The fourth-order valence-corrected chi connectivity index (χ4v) is 2.84. The zero-order chi connectivity index (χ0) is 17.3. The molecule has 0 amide bonds. The van der Waals surface area contributed by atoms with Gasteiger partial charge < -0.3 is 9.80 Å². The molecular formula is C15H15Cl4N5. The SMILES string of the molecule is CN1CCN(c2nc(-c3cccc(Cl)c3)nc(C(Cl)(Cl)Cl)n2)CC1. The Kier molecular flexibility index (Phi) is 5.37. The first-order chi connectivity index (χ1) is 11.3. The normalized spacial score (nSPS) is 16.5. The van der Waals surface area contributed by atoms with E-state index in [1.54, 1.807) is 12.1 Å². The van der Waals surface area contributed by atoms with Crippen LogP contribution in [0.3, 0.4) is 0 Å². The standard InChI is InChI=1S/C15H15Cl4N5/c1-23-5-7-24(8-6-23)14-21-12(10-3-2-4-11(16)9-10)20-13(22-14)15(17,18)19/h2-4,9H,5-8H2,1H3. The summed E-state index contributed by atoms with van der Waals surface area (Å²) in [5.41, 5.74) is 0.746. The number of likely N-dealkylation sites (N-methyl/N-ethyl adjacent to an activating group) is 1. The van der Waals surface area contributed by atoms with E-state index in [-0.39, 0.29) is 5.82 Å². The summed E-state index contributed by atoms with van der Waals surface area (Å²) in [4.78, 5) is 17.5. The fraction of sp³-hybridized carbons (Fsp3) is 0.400. The zero-order valence-electron chi connectivity index (χ0n) is 12.9. The van der Waals surface area contributed by atoms with Gasteiger partial charge in [-0.2, -0.15) is 9.97 Å². The highest BCUT2D eigenvalue weighted by molar-refractivity contribution is 6.66. The summed E-state index contributed by atoms with van der Waals surface area (Å²) >= 11 is 24.1. The van der Waals surface area contributed by atoms with E-state index in [0.29, 0.717) is 16.8 Å². The third kappa shape index (κ3) is 4.21. The Morgan fingerprint density at radius 2 is 1.71 bits per heavy atom. The summed E-state index contributed by atoms with van der Waals surface area (Å²) in [6.45, 7) is 3.44. The molecule has 1 aliphatic heterocycles. The molecule has 2 aromatic rings. The number of hydrogen-bond acceptors (Lipinski definition) is 5. The number of halogens is 4. The molecule has 1 aliphatic rings. The van der Waals surface area contributed by atoms with Crippen molar-refractivity contribution in [1.82, 2.24) is 19.9 Å². The van der Waals surface area contributed by atoms with E-state index in [4.69, 9.17) is 46.4 Å². The van der Waals surface area contributed by atoms with Crippen LogP contribution in [0.4, 0.5) is 5.95 Å². The van der Waals surface area contributed by atoms with Crippen molar-refractivity contribution in [1.29, 1.82) is 0 Å². The van der Waals surface area contributed by atoms with Gasteiger partial charge in [-0.25, -0.2) is 4.98 Å². The Balaban J connectivity index is 2.04. The number of aromatic nitrogens is 3. The number of piperazine rings is 1. The topological polar surface area (TPSA) is 45.2 Å². The summed E-state index contributed by atoms with van der Waals surface area (Å²) in [5, 5.41) is 0.587. The van der Waals surface area contributed by atoms with Crippen molar-refractivity contribution in [3.8, 4) is 11.4 Å². The van der Waals surface area contributed by atoms with Gasteiger partial charge in [0.25, 0.3) is 0 Å². The molecule has 1 aromatic heterocycles. The van der Waals surface area contributed by atoms with Gasteiger partial charge in [-0.1, -0.05) is 58.5 Å². The highest BCUT2D eigenvalue weighted by Gasteiger charge is 2.30. The molecule has 0 aliphatic carbocycles. The Labute approximate surface area is 160 Å². The van der Waals surface area contributed by atoms with Gasteiger partial charge in [0.15, 0.2) is 11.6 Å². The average molecular weight is 407 g/mol. The molecule has 3 rings (SSSR count). The zero-order valence-corrected chi connectivity index (χ0v) is 15.9. The summed E-state index contributed by atoms with van der Waals surface area (Å²) in [6, 6.07) is 7.24. The molecule has 1 fully saturated rings. The molecule has 24 heavy (non-hydrogen) atoms. The maximum atomic E-state index is 6.06. The Morgan fingerprint density at radius 3 is 2.33 bits per heavy atom. The number of hydrogen-bond donors (Lipinski definition) is 0. The lowest BCUT2D eigenvalue weighted by atomic mass is 10.2. The third-order valence-corrected chi connectivity index (χ3v) is 4.49. The first-order valence-electron chi connectivity index (χ1n) is 7.35. The minimum atomic E-state index is -1.72. The van der Waals surface area contributed by atoms with E-state index in [9.17, 15) is 0 Å². The summed E-state index contributed by atoms with van der Waals surface area (Å²) < 4.78 is -1.72. The first kappa shape index (κ1) is 18.0. The Hall–Kier alpha value is -0.850. The predicted octanol–water partition coefficient (Wildman–Crippen LogP) is 3.77. The molecule has 0 N–H and O–H groups in total. The van der Waals surface area contributed by atoms with Crippen molar-refractivity contribution in [2.24, 2.45) is 0 Å². The van der Waals surface area contributed by atoms with E-state index in [1.165, 1.54) is 0 Å². The second-order valence-electron chi connectivity index (χ2n) is 5.58. The van der Waals surface area contributed by atoms with Crippen LogP contribution in [0, 0.1) is 0 Å². The molecule has 128 valence electrons. The van der Waals surface area contributed by atoms with E-state index in [0.717, 1.165) is 31.7 Å². The molecule has 1 aromatic carbocycles. The predicted molar refractivity (Wildman–Crippen MR) is 99.2 cm³/mol. The lowest BCUT2D eigenvalue weighted by molar-refractivity contribution is 0.311. The van der Waals surface area contributed by atoms with Crippen LogP contribution in [0.5, 0.6) is 0 Å². The highest BCUT2D eigenvalue weighted by atomic mass is 35.6. The lowest BCUT2D eigenvalue weighted by Gasteiger charge is -2.32.